The summed E-state index contributed by atoms with van der Waals surface area (Å²) in [7, 11) is 0. The molecule has 4 heteroatoms. The Bertz CT molecular complexity index is 459. The molecule has 1 fully saturated rings. The molecule has 2 rings (SSSR count). The lowest BCUT2D eigenvalue weighted by Gasteiger charge is -2.23. The van der Waals surface area contributed by atoms with Crippen LogP contribution < -0.4 is 4.74 Å². The van der Waals surface area contributed by atoms with E-state index < -0.39 is 0 Å². The van der Waals surface area contributed by atoms with Crippen molar-refractivity contribution in [2.75, 3.05) is 19.1 Å². The van der Waals surface area contributed by atoms with Gasteiger partial charge in [0.2, 0.25) is 0 Å². The summed E-state index contributed by atoms with van der Waals surface area (Å²) >= 11 is 5.43. The van der Waals surface area contributed by atoms with Gasteiger partial charge >= 0.3 is 0 Å². The van der Waals surface area contributed by atoms with Gasteiger partial charge in [0.05, 0.1) is 24.7 Å². The number of rotatable bonds is 2. The van der Waals surface area contributed by atoms with E-state index in [0.717, 1.165) is 12.8 Å². The Morgan fingerprint density at radius 1 is 1.39 bits per heavy atom. The second kappa shape index (κ2) is 6.63. The summed E-state index contributed by atoms with van der Waals surface area (Å²) in [5, 5.41) is 0. The maximum Gasteiger partial charge on any atom is 0.142 e. The van der Waals surface area contributed by atoms with Crippen molar-refractivity contribution in [3.63, 3.8) is 0 Å². The number of alkyl halides is 1. The average Bonchev–Trinajstić information content (AvgIpc) is 2.39. The Morgan fingerprint density at radius 2 is 2.17 bits per heavy atom. The molecule has 1 aliphatic heterocycles. The second-order valence-corrected chi connectivity index (χ2v) is 4.27. The van der Waals surface area contributed by atoms with Crippen molar-refractivity contribution in [1.82, 2.24) is 0 Å². The van der Waals surface area contributed by atoms with Crippen LogP contribution >= 0.6 is 11.6 Å². The molecule has 0 aromatic heterocycles. The number of halogens is 2. The second-order valence-electron chi connectivity index (χ2n) is 4.01. The third kappa shape index (κ3) is 3.63. The monoisotopic (exact) mass is 268 g/mol. The zero-order valence-corrected chi connectivity index (χ0v) is 10.7. The van der Waals surface area contributed by atoms with E-state index in [0.29, 0.717) is 24.5 Å². The zero-order valence-electron chi connectivity index (χ0n) is 9.92. The van der Waals surface area contributed by atoms with E-state index in [-0.39, 0.29) is 17.8 Å². The first-order valence-electron chi connectivity index (χ1n) is 5.88. The highest BCUT2D eigenvalue weighted by atomic mass is 35.5. The maximum absolute atomic E-state index is 13.7. The van der Waals surface area contributed by atoms with Crippen molar-refractivity contribution in [2.24, 2.45) is 0 Å². The molecule has 0 saturated carbocycles. The molecule has 1 heterocycles. The van der Waals surface area contributed by atoms with Crippen LogP contribution in [-0.2, 0) is 4.74 Å². The Hall–Kier alpha value is -1.24. The highest BCUT2D eigenvalue weighted by Crippen LogP contribution is 2.20. The molecule has 0 amide bonds. The van der Waals surface area contributed by atoms with Gasteiger partial charge in [-0.1, -0.05) is 11.8 Å². The van der Waals surface area contributed by atoms with Gasteiger partial charge in [0.15, 0.2) is 0 Å². The molecule has 0 aliphatic carbocycles. The molecule has 1 saturated heterocycles. The van der Waals surface area contributed by atoms with E-state index in [1.807, 2.05) is 0 Å². The molecular formula is C14H14ClFO2. The number of benzene rings is 1. The molecule has 1 aliphatic rings. The van der Waals surface area contributed by atoms with Gasteiger partial charge in [0, 0.05) is 18.9 Å². The van der Waals surface area contributed by atoms with Crippen molar-refractivity contribution < 1.29 is 13.9 Å². The van der Waals surface area contributed by atoms with E-state index in [1.165, 1.54) is 6.07 Å². The minimum absolute atomic E-state index is 0.109. The molecule has 0 unspecified atom stereocenters. The SMILES string of the molecule is Fc1cc(OC2CCOCC2)ccc1C#CCCl. The van der Waals surface area contributed by atoms with Crippen molar-refractivity contribution in [3.05, 3.63) is 29.6 Å². The Balaban J connectivity index is 2.03. The van der Waals surface area contributed by atoms with Crippen LogP contribution in [0.15, 0.2) is 18.2 Å². The minimum Gasteiger partial charge on any atom is -0.490 e. The van der Waals surface area contributed by atoms with Crippen molar-refractivity contribution >= 4 is 11.6 Å². The first kappa shape index (κ1) is 13.2. The molecule has 0 N–H and O–H groups in total. The van der Waals surface area contributed by atoms with Crippen LogP contribution in [0.2, 0.25) is 0 Å². The first-order chi connectivity index (χ1) is 8.79. The Morgan fingerprint density at radius 3 is 2.83 bits per heavy atom. The van der Waals surface area contributed by atoms with Gasteiger partial charge in [-0.3, -0.25) is 0 Å². The minimum atomic E-state index is -0.378. The third-order valence-electron chi connectivity index (χ3n) is 2.70. The third-order valence-corrected chi connectivity index (χ3v) is 2.84. The molecule has 96 valence electrons. The van der Waals surface area contributed by atoms with Crippen LogP contribution in [0.5, 0.6) is 5.75 Å². The number of hydrogen-bond donors (Lipinski definition) is 0. The van der Waals surface area contributed by atoms with Gasteiger partial charge in [0.25, 0.3) is 0 Å². The van der Waals surface area contributed by atoms with Gasteiger partial charge in [-0.25, -0.2) is 4.39 Å². The fourth-order valence-corrected chi connectivity index (χ4v) is 1.85. The molecule has 0 bridgehead atoms. The fourth-order valence-electron chi connectivity index (χ4n) is 1.79. The Labute approximate surface area is 111 Å². The molecule has 0 radical (unpaired) electrons. The van der Waals surface area contributed by atoms with Crippen LogP contribution in [0.4, 0.5) is 4.39 Å². The first-order valence-corrected chi connectivity index (χ1v) is 6.42. The maximum atomic E-state index is 13.7. The summed E-state index contributed by atoms with van der Waals surface area (Å²) in [5.41, 5.74) is 0.343. The summed E-state index contributed by atoms with van der Waals surface area (Å²) in [6.45, 7) is 1.40. The predicted octanol–water partition coefficient (Wildman–Crippen LogP) is 2.97. The molecule has 0 spiro atoms. The van der Waals surface area contributed by atoms with E-state index >= 15 is 0 Å². The summed E-state index contributed by atoms with van der Waals surface area (Å²) in [4.78, 5) is 0. The van der Waals surface area contributed by atoms with Crippen LogP contribution in [0.1, 0.15) is 18.4 Å². The number of ether oxygens (including phenoxy) is 2. The van der Waals surface area contributed by atoms with Gasteiger partial charge in [0.1, 0.15) is 17.7 Å². The fraction of sp³-hybridized carbons (Fsp3) is 0.429. The van der Waals surface area contributed by atoms with Crippen molar-refractivity contribution in [1.29, 1.82) is 0 Å². The summed E-state index contributed by atoms with van der Waals surface area (Å²) in [5.74, 6) is 5.64. The van der Waals surface area contributed by atoms with Crippen LogP contribution in [0.25, 0.3) is 0 Å². The van der Waals surface area contributed by atoms with Gasteiger partial charge in [-0.05, 0) is 12.1 Å². The molecule has 1 aromatic carbocycles. The predicted molar refractivity (Wildman–Crippen MR) is 68.5 cm³/mol. The van der Waals surface area contributed by atoms with E-state index in [9.17, 15) is 4.39 Å². The van der Waals surface area contributed by atoms with Crippen molar-refractivity contribution in [3.8, 4) is 17.6 Å². The Kier molecular flexibility index (Phi) is 4.86. The quantitative estimate of drug-likeness (QED) is 0.606. The van der Waals surface area contributed by atoms with Gasteiger partial charge in [-0.15, -0.1) is 11.6 Å². The van der Waals surface area contributed by atoms with Crippen LogP contribution in [-0.4, -0.2) is 25.2 Å². The van der Waals surface area contributed by atoms with Crippen LogP contribution in [0, 0.1) is 17.7 Å². The molecule has 0 atom stereocenters. The van der Waals surface area contributed by atoms with E-state index in [4.69, 9.17) is 21.1 Å². The zero-order chi connectivity index (χ0) is 12.8. The number of hydrogen-bond acceptors (Lipinski definition) is 2. The highest BCUT2D eigenvalue weighted by Gasteiger charge is 2.15. The highest BCUT2D eigenvalue weighted by molar-refractivity contribution is 6.19. The smallest absolute Gasteiger partial charge is 0.142 e. The average molecular weight is 269 g/mol. The molecular weight excluding hydrogens is 255 g/mol. The summed E-state index contributed by atoms with van der Waals surface area (Å²) in [6, 6.07) is 4.72. The summed E-state index contributed by atoms with van der Waals surface area (Å²) in [6.07, 6.45) is 1.79. The van der Waals surface area contributed by atoms with Crippen molar-refractivity contribution in [2.45, 2.75) is 18.9 Å². The summed E-state index contributed by atoms with van der Waals surface area (Å²) < 4.78 is 24.6. The molecule has 2 nitrogen and oxygen atoms in total. The standard InChI is InChI=1S/C14H14ClFO2/c15-7-1-2-11-3-4-13(10-14(11)16)18-12-5-8-17-9-6-12/h3-4,10,12H,5-9H2. The molecule has 1 aromatic rings. The largest absolute Gasteiger partial charge is 0.490 e. The lowest BCUT2D eigenvalue weighted by Crippen LogP contribution is -2.25. The van der Waals surface area contributed by atoms with Crippen LogP contribution in [0.3, 0.4) is 0 Å². The van der Waals surface area contributed by atoms with E-state index in [1.54, 1.807) is 12.1 Å². The normalized spacial score (nSPS) is 15.9. The topological polar surface area (TPSA) is 18.5 Å². The molecule has 18 heavy (non-hydrogen) atoms. The van der Waals surface area contributed by atoms with E-state index in [2.05, 4.69) is 11.8 Å². The lowest BCUT2D eigenvalue weighted by molar-refractivity contribution is 0.0254. The van der Waals surface area contributed by atoms with Gasteiger partial charge in [-0.2, -0.15) is 0 Å². The van der Waals surface area contributed by atoms with Gasteiger partial charge < -0.3 is 9.47 Å². The lowest BCUT2D eigenvalue weighted by atomic mass is 10.1.